The Kier molecular flexibility index (Phi) is 9.31. The van der Waals surface area contributed by atoms with Gasteiger partial charge in [0.2, 0.25) is 5.91 Å². The Morgan fingerprint density at radius 3 is 2.27 bits per heavy atom. The normalized spacial score (nSPS) is 16.7. The minimum absolute atomic E-state index is 0.0895. The Balaban J connectivity index is 1.21. The largest absolute Gasteiger partial charge is 0.487 e. The van der Waals surface area contributed by atoms with Gasteiger partial charge in [0, 0.05) is 37.4 Å². The van der Waals surface area contributed by atoms with Gasteiger partial charge in [-0.05, 0) is 98.9 Å². The van der Waals surface area contributed by atoms with E-state index < -0.39 is 11.1 Å². The Morgan fingerprint density at radius 1 is 0.950 bits per heavy atom. The third-order valence-electron chi connectivity index (χ3n) is 6.57. The minimum Gasteiger partial charge on any atom is -0.487 e. The molecule has 2 saturated heterocycles. The summed E-state index contributed by atoms with van der Waals surface area (Å²) in [6, 6.07) is 20.2. The molecule has 0 spiro atoms. The van der Waals surface area contributed by atoms with Crippen LogP contribution in [0.1, 0.15) is 11.1 Å². The van der Waals surface area contributed by atoms with E-state index in [4.69, 9.17) is 4.74 Å². The topological polar surface area (TPSA) is 70.2 Å². The van der Waals surface area contributed by atoms with Crippen molar-refractivity contribution in [1.29, 1.82) is 0 Å². The van der Waals surface area contributed by atoms with E-state index in [1.54, 1.807) is 29.2 Å². The molecule has 3 amide bonds. The van der Waals surface area contributed by atoms with Gasteiger partial charge in [-0.15, -0.1) is 0 Å². The number of hydrogen-bond donors (Lipinski definition) is 0. The third kappa shape index (κ3) is 6.62. The highest BCUT2D eigenvalue weighted by molar-refractivity contribution is 14.1. The van der Waals surface area contributed by atoms with Crippen LogP contribution in [0.4, 0.5) is 14.9 Å². The SMILES string of the molecule is O=C(CN1C(=O)S/C(=C/c2cc(I)c(OCc3ccccc3F)c(I)c2)C1=O)N1CCN(c2ccccc2)CC1. The molecular formula is C29H24FI2N3O4S. The summed E-state index contributed by atoms with van der Waals surface area (Å²) >= 11 is 5.10. The van der Waals surface area contributed by atoms with Gasteiger partial charge in [0.1, 0.15) is 24.7 Å². The number of halogens is 3. The number of anilines is 1. The molecule has 3 aromatic carbocycles. The monoisotopic (exact) mass is 783 g/mol. The van der Waals surface area contributed by atoms with Crippen LogP contribution in [0.2, 0.25) is 0 Å². The number of thioether (sulfide) groups is 1. The van der Waals surface area contributed by atoms with Gasteiger partial charge in [0.25, 0.3) is 11.1 Å². The molecule has 2 heterocycles. The molecule has 0 atom stereocenters. The average Bonchev–Trinajstić information content (AvgIpc) is 3.21. The van der Waals surface area contributed by atoms with Crippen LogP contribution in [0.15, 0.2) is 71.6 Å². The Bertz CT molecular complexity index is 1460. The summed E-state index contributed by atoms with van der Waals surface area (Å²) in [7, 11) is 0. The number of amides is 3. The first-order valence-electron chi connectivity index (χ1n) is 12.5. The summed E-state index contributed by atoms with van der Waals surface area (Å²) in [6.45, 7) is 2.26. The van der Waals surface area contributed by atoms with Crippen molar-refractivity contribution in [1.82, 2.24) is 9.80 Å². The fraction of sp³-hybridized carbons (Fsp3) is 0.207. The number of nitrogens with zero attached hydrogens (tertiary/aromatic N) is 3. The molecule has 0 N–H and O–H groups in total. The van der Waals surface area contributed by atoms with Crippen LogP contribution in [0.5, 0.6) is 5.75 Å². The van der Waals surface area contributed by atoms with Gasteiger partial charge in [0.15, 0.2) is 0 Å². The smallest absolute Gasteiger partial charge is 0.294 e. The summed E-state index contributed by atoms with van der Waals surface area (Å²) in [6.07, 6.45) is 1.65. The molecule has 0 unspecified atom stereocenters. The van der Waals surface area contributed by atoms with Crippen LogP contribution in [-0.4, -0.2) is 59.6 Å². The molecule has 0 bridgehead atoms. The van der Waals surface area contributed by atoms with Gasteiger partial charge >= 0.3 is 0 Å². The molecule has 0 aliphatic carbocycles. The highest BCUT2D eigenvalue weighted by Gasteiger charge is 2.37. The Hall–Kier alpha value is -2.65. The second kappa shape index (κ2) is 12.9. The molecule has 2 aliphatic rings. The van der Waals surface area contributed by atoms with Crippen LogP contribution in [0.3, 0.4) is 0 Å². The second-order valence-electron chi connectivity index (χ2n) is 9.16. The standard InChI is InChI=1S/C29H24FI2N3O4S/c30-22-9-5-4-6-20(22)18-39-27-23(31)14-19(15-24(27)32)16-25-28(37)35(29(38)40-25)17-26(36)34-12-10-33(11-13-34)21-7-2-1-3-8-21/h1-9,14-16H,10-13,17-18H2/b25-16+. The Morgan fingerprint density at radius 2 is 1.60 bits per heavy atom. The van der Waals surface area contributed by atoms with Crippen LogP contribution in [0.25, 0.3) is 6.08 Å². The zero-order chi connectivity index (χ0) is 28.2. The number of carbonyl (C=O) groups is 3. The molecule has 206 valence electrons. The number of imide groups is 1. The quantitative estimate of drug-likeness (QED) is 0.217. The summed E-state index contributed by atoms with van der Waals surface area (Å²) in [5.41, 5.74) is 2.29. The lowest BCUT2D eigenvalue weighted by molar-refractivity contribution is -0.136. The summed E-state index contributed by atoms with van der Waals surface area (Å²) < 4.78 is 21.4. The fourth-order valence-corrected chi connectivity index (χ4v) is 7.41. The molecule has 11 heteroatoms. The molecule has 5 rings (SSSR count). The zero-order valence-corrected chi connectivity index (χ0v) is 26.3. The van der Waals surface area contributed by atoms with E-state index in [9.17, 15) is 18.8 Å². The maximum Gasteiger partial charge on any atom is 0.294 e. The third-order valence-corrected chi connectivity index (χ3v) is 9.08. The number of para-hydroxylation sites is 1. The van der Waals surface area contributed by atoms with Crippen LogP contribution in [0, 0.1) is 13.0 Å². The van der Waals surface area contributed by atoms with Crippen LogP contribution < -0.4 is 9.64 Å². The van der Waals surface area contributed by atoms with E-state index in [-0.39, 0.29) is 29.8 Å². The van der Waals surface area contributed by atoms with E-state index in [0.717, 1.165) is 35.1 Å². The van der Waals surface area contributed by atoms with Crippen LogP contribution in [-0.2, 0) is 16.2 Å². The lowest BCUT2D eigenvalue weighted by Gasteiger charge is -2.36. The van der Waals surface area contributed by atoms with Gasteiger partial charge in [-0.1, -0.05) is 36.4 Å². The van der Waals surface area contributed by atoms with Crippen molar-refractivity contribution in [2.75, 3.05) is 37.6 Å². The van der Waals surface area contributed by atoms with E-state index >= 15 is 0 Å². The predicted molar refractivity (Wildman–Crippen MR) is 171 cm³/mol. The number of ether oxygens (including phenoxy) is 1. The van der Waals surface area contributed by atoms with E-state index in [0.29, 0.717) is 37.5 Å². The lowest BCUT2D eigenvalue weighted by Crippen LogP contribution is -2.51. The van der Waals surface area contributed by atoms with Gasteiger partial charge < -0.3 is 14.5 Å². The summed E-state index contributed by atoms with van der Waals surface area (Å²) in [4.78, 5) is 43.9. The molecule has 2 aliphatic heterocycles. The molecule has 2 fully saturated rings. The highest BCUT2D eigenvalue weighted by atomic mass is 127. The second-order valence-corrected chi connectivity index (χ2v) is 12.5. The van der Waals surface area contributed by atoms with Gasteiger partial charge in [-0.25, -0.2) is 4.39 Å². The van der Waals surface area contributed by atoms with Gasteiger partial charge in [-0.2, -0.15) is 0 Å². The predicted octanol–water partition coefficient (Wildman–Crippen LogP) is 6.00. The highest BCUT2D eigenvalue weighted by Crippen LogP contribution is 2.35. The first-order chi connectivity index (χ1) is 19.3. The average molecular weight is 783 g/mol. The Labute approximate surface area is 263 Å². The molecule has 0 saturated carbocycles. The first-order valence-corrected chi connectivity index (χ1v) is 15.5. The molecular weight excluding hydrogens is 759 g/mol. The van der Waals surface area contributed by atoms with Crippen LogP contribution >= 0.6 is 56.9 Å². The number of carbonyl (C=O) groups excluding carboxylic acids is 3. The number of rotatable bonds is 7. The summed E-state index contributed by atoms with van der Waals surface area (Å²) in [5, 5.41) is -0.457. The van der Waals surface area contributed by atoms with Gasteiger partial charge in [-0.3, -0.25) is 19.3 Å². The molecule has 40 heavy (non-hydrogen) atoms. The number of piperazine rings is 1. The maximum atomic E-state index is 14.0. The molecule has 0 radical (unpaired) electrons. The molecule has 7 nitrogen and oxygen atoms in total. The lowest BCUT2D eigenvalue weighted by atomic mass is 10.2. The molecule has 3 aromatic rings. The number of benzene rings is 3. The van der Waals surface area contributed by atoms with Crippen molar-refractivity contribution < 1.29 is 23.5 Å². The van der Waals surface area contributed by atoms with Crippen molar-refractivity contribution in [3.63, 3.8) is 0 Å². The van der Waals surface area contributed by atoms with Crippen molar-refractivity contribution in [3.8, 4) is 5.75 Å². The first kappa shape index (κ1) is 28.9. The zero-order valence-electron chi connectivity index (χ0n) is 21.2. The van der Waals surface area contributed by atoms with Crippen molar-refractivity contribution >= 4 is 85.8 Å². The van der Waals surface area contributed by atoms with E-state index in [2.05, 4.69) is 50.1 Å². The van der Waals surface area contributed by atoms with Crippen molar-refractivity contribution in [2.24, 2.45) is 0 Å². The van der Waals surface area contributed by atoms with E-state index in [1.165, 1.54) is 6.07 Å². The van der Waals surface area contributed by atoms with Crippen molar-refractivity contribution in [2.45, 2.75) is 6.61 Å². The van der Waals surface area contributed by atoms with Gasteiger partial charge in [0.05, 0.1) is 12.0 Å². The minimum atomic E-state index is -0.476. The van der Waals surface area contributed by atoms with E-state index in [1.807, 2.05) is 42.5 Å². The van der Waals surface area contributed by atoms with Crippen molar-refractivity contribution in [3.05, 3.63) is 95.7 Å². The molecule has 0 aromatic heterocycles. The summed E-state index contributed by atoms with van der Waals surface area (Å²) in [5.74, 6) is -0.423. The number of hydrogen-bond acceptors (Lipinski definition) is 6. The fourth-order valence-electron chi connectivity index (χ4n) is 4.44. The maximum absolute atomic E-state index is 14.0.